The van der Waals surface area contributed by atoms with Crippen molar-refractivity contribution >= 4 is 40.2 Å². The Morgan fingerprint density at radius 2 is 1.91 bits per heavy atom. The van der Waals surface area contributed by atoms with Crippen LogP contribution >= 0.6 is 23.4 Å². The first-order valence-electron chi connectivity index (χ1n) is 7.43. The Balaban J connectivity index is 1.47. The maximum atomic E-state index is 11.9. The average molecular weight is 345 g/mol. The summed E-state index contributed by atoms with van der Waals surface area (Å²) in [7, 11) is 0. The van der Waals surface area contributed by atoms with E-state index in [1.165, 1.54) is 22.7 Å². The molecule has 3 nitrogen and oxygen atoms in total. The summed E-state index contributed by atoms with van der Waals surface area (Å²) >= 11 is 7.53. The van der Waals surface area contributed by atoms with Gasteiger partial charge in [0, 0.05) is 28.5 Å². The second-order valence-corrected chi connectivity index (χ2v) is 6.60. The van der Waals surface area contributed by atoms with E-state index in [0.29, 0.717) is 17.3 Å². The summed E-state index contributed by atoms with van der Waals surface area (Å²) in [6, 6.07) is 15.7. The molecular formula is C18H17ClN2OS. The number of rotatable bonds is 6. The Labute approximate surface area is 144 Å². The predicted molar refractivity (Wildman–Crippen MR) is 97.2 cm³/mol. The van der Waals surface area contributed by atoms with Crippen LogP contribution in [0.2, 0.25) is 5.02 Å². The number of aromatic nitrogens is 1. The van der Waals surface area contributed by atoms with Gasteiger partial charge in [-0.15, -0.1) is 11.8 Å². The Morgan fingerprint density at radius 1 is 1.13 bits per heavy atom. The number of amides is 1. The van der Waals surface area contributed by atoms with E-state index >= 15 is 0 Å². The Hall–Kier alpha value is -1.91. The number of benzene rings is 2. The molecule has 3 rings (SSSR count). The highest BCUT2D eigenvalue weighted by Gasteiger charge is 2.06. The SMILES string of the molecule is O=C(CSc1ccccc1Cl)NCCc1c[nH]c2ccccc12. The fourth-order valence-electron chi connectivity index (χ4n) is 2.43. The summed E-state index contributed by atoms with van der Waals surface area (Å²) in [6.07, 6.45) is 2.82. The largest absolute Gasteiger partial charge is 0.361 e. The zero-order valence-electron chi connectivity index (χ0n) is 12.5. The highest BCUT2D eigenvalue weighted by molar-refractivity contribution is 8.00. The van der Waals surface area contributed by atoms with Crippen molar-refractivity contribution in [1.82, 2.24) is 10.3 Å². The fourth-order valence-corrected chi connectivity index (χ4v) is 3.50. The summed E-state index contributed by atoms with van der Waals surface area (Å²) in [5, 5.41) is 4.86. The normalized spacial score (nSPS) is 10.8. The first kappa shape index (κ1) is 16.0. The fraction of sp³-hybridized carbons (Fsp3) is 0.167. The van der Waals surface area contributed by atoms with Crippen LogP contribution in [0.4, 0.5) is 0 Å². The van der Waals surface area contributed by atoms with Crippen LogP contribution in [0, 0.1) is 0 Å². The van der Waals surface area contributed by atoms with E-state index in [-0.39, 0.29) is 5.91 Å². The summed E-state index contributed by atoms with van der Waals surface area (Å²) in [4.78, 5) is 16.1. The summed E-state index contributed by atoms with van der Waals surface area (Å²) in [5.74, 6) is 0.396. The molecular weight excluding hydrogens is 328 g/mol. The minimum Gasteiger partial charge on any atom is -0.361 e. The molecule has 0 atom stereocenters. The van der Waals surface area contributed by atoms with Crippen LogP contribution in [0.15, 0.2) is 59.6 Å². The van der Waals surface area contributed by atoms with Gasteiger partial charge in [0.2, 0.25) is 5.91 Å². The molecule has 1 aromatic heterocycles. The van der Waals surface area contributed by atoms with Crippen molar-refractivity contribution in [1.29, 1.82) is 0 Å². The number of para-hydroxylation sites is 1. The number of aromatic amines is 1. The summed E-state index contributed by atoms with van der Waals surface area (Å²) in [5.41, 5.74) is 2.35. The van der Waals surface area contributed by atoms with Crippen LogP contribution in [0.25, 0.3) is 10.9 Å². The number of H-pyrrole nitrogens is 1. The van der Waals surface area contributed by atoms with Gasteiger partial charge in [-0.3, -0.25) is 4.79 Å². The van der Waals surface area contributed by atoms with Crippen molar-refractivity contribution in [2.75, 3.05) is 12.3 Å². The number of carbonyl (C=O) groups excluding carboxylic acids is 1. The van der Waals surface area contributed by atoms with Crippen LogP contribution in [0.3, 0.4) is 0 Å². The highest BCUT2D eigenvalue weighted by atomic mass is 35.5. The zero-order chi connectivity index (χ0) is 16.1. The third-order valence-corrected chi connectivity index (χ3v) is 5.10. The van der Waals surface area contributed by atoms with Gasteiger partial charge in [0.1, 0.15) is 0 Å². The molecule has 3 aromatic rings. The molecule has 0 radical (unpaired) electrons. The van der Waals surface area contributed by atoms with Crippen molar-refractivity contribution in [3.05, 3.63) is 65.3 Å². The lowest BCUT2D eigenvalue weighted by Crippen LogP contribution is -2.27. The number of carbonyl (C=O) groups is 1. The van der Waals surface area contributed by atoms with Gasteiger partial charge in [-0.05, 0) is 30.2 Å². The molecule has 0 unspecified atom stereocenters. The minimum absolute atomic E-state index is 0.0229. The van der Waals surface area contributed by atoms with Crippen LogP contribution in [0.1, 0.15) is 5.56 Å². The second kappa shape index (κ2) is 7.57. The van der Waals surface area contributed by atoms with E-state index in [1.54, 1.807) is 0 Å². The number of hydrogen-bond donors (Lipinski definition) is 2. The first-order chi connectivity index (χ1) is 11.2. The molecule has 0 saturated heterocycles. The molecule has 1 amide bonds. The van der Waals surface area contributed by atoms with E-state index < -0.39 is 0 Å². The average Bonchev–Trinajstić information content (AvgIpc) is 2.98. The molecule has 2 aromatic carbocycles. The maximum Gasteiger partial charge on any atom is 0.230 e. The van der Waals surface area contributed by atoms with E-state index in [2.05, 4.69) is 22.4 Å². The maximum absolute atomic E-state index is 11.9. The zero-order valence-corrected chi connectivity index (χ0v) is 14.1. The number of thioether (sulfide) groups is 1. The highest BCUT2D eigenvalue weighted by Crippen LogP contribution is 2.26. The van der Waals surface area contributed by atoms with Gasteiger partial charge in [-0.25, -0.2) is 0 Å². The third kappa shape index (κ3) is 4.09. The van der Waals surface area contributed by atoms with Crippen molar-refractivity contribution in [2.45, 2.75) is 11.3 Å². The summed E-state index contributed by atoms with van der Waals surface area (Å²) in [6.45, 7) is 0.629. The predicted octanol–water partition coefficient (Wildman–Crippen LogP) is 4.27. The van der Waals surface area contributed by atoms with Crippen LogP contribution in [-0.4, -0.2) is 23.2 Å². The molecule has 0 spiro atoms. The molecule has 118 valence electrons. The standard InChI is InChI=1S/C18H17ClN2OS/c19-15-6-2-4-8-17(15)23-12-18(22)20-10-9-13-11-21-16-7-3-1-5-14(13)16/h1-8,11,21H,9-10,12H2,(H,20,22). The topological polar surface area (TPSA) is 44.9 Å². The molecule has 23 heavy (non-hydrogen) atoms. The first-order valence-corrected chi connectivity index (χ1v) is 8.79. The number of hydrogen-bond acceptors (Lipinski definition) is 2. The lowest BCUT2D eigenvalue weighted by atomic mass is 10.1. The third-order valence-electron chi connectivity index (χ3n) is 3.59. The van der Waals surface area contributed by atoms with Gasteiger partial charge >= 0.3 is 0 Å². The van der Waals surface area contributed by atoms with E-state index in [0.717, 1.165) is 16.8 Å². The molecule has 0 fully saturated rings. The van der Waals surface area contributed by atoms with Gasteiger partial charge in [0.15, 0.2) is 0 Å². The lowest BCUT2D eigenvalue weighted by molar-refractivity contribution is -0.118. The smallest absolute Gasteiger partial charge is 0.230 e. The summed E-state index contributed by atoms with van der Waals surface area (Å²) < 4.78 is 0. The molecule has 0 saturated carbocycles. The number of halogens is 1. The quantitative estimate of drug-likeness (QED) is 0.656. The minimum atomic E-state index is 0.0229. The van der Waals surface area contributed by atoms with E-state index in [9.17, 15) is 4.79 Å². The van der Waals surface area contributed by atoms with Crippen molar-refractivity contribution in [3.8, 4) is 0 Å². The van der Waals surface area contributed by atoms with Gasteiger partial charge in [-0.1, -0.05) is 41.9 Å². The molecule has 5 heteroatoms. The van der Waals surface area contributed by atoms with Crippen molar-refractivity contribution in [2.24, 2.45) is 0 Å². The molecule has 0 aliphatic carbocycles. The molecule has 0 aliphatic rings. The Kier molecular flexibility index (Phi) is 5.26. The van der Waals surface area contributed by atoms with Gasteiger partial charge in [-0.2, -0.15) is 0 Å². The molecule has 0 aliphatic heterocycles. The van der Waals surface area contributed by atoms with Gasteiger partial charge < -0.3 is 10.3 Å². The van der Waals surface area contributed by atoms with Crippen LogP contribution < -0.4 is 5.32 Å². The van der Waals surface area contributed by atoms with Crippen LogP contribution in [0.5, 0.6) is 0 Å². The number of fused-ring (bicyclic) bond motifs is 1. The second-order valence-electron chi connectivity index (χ2n) is 5.18. The lowest BCUT2D eigenvalue weighted by Gasteiger charge is -2.06. The monoisotopic (exact) mass is 344 g/mol. The molecule has 2 N–H and O–H groups in total. The van der Waals surface area contributed by atoms with E-state index in [4.69, 9.17) is 11.6 Å². The number of nitrogens with one attached hydrogen (secondary N) is 2. The molecule has 1 heterocycles. The Morgan fingerprint density at radius 3 is 2.78 bits per heavy atom. The van der Waals surface area contributed by atoms with E-state index in [1.807, 2.05) is 42.6 Å². The van der Waals surface area contributed by atoms with Crippen LogP contribution in [-0.2, 0) is 11.2 Å². The van der Waals surface area contributed by atoms with Crippen molar-refractivity contribution < 1.29 is 4.79 Å². The Bertz CT molecular complexity index is 815. The van der Waals surface area contributed by atoms with Crippen molar-refractivity contribution in [3.63, 3.8) is 0 Å². The van der Waals surface area contributed by atoms with Gasteiger partial charge in [0.25, 0.3) is 0 Å². The molecule has 0 bridgehead atoms. The van der Waals surface area contributed by atoms with Gasteiger partial charge in [0.05, 0.1) is 10.8 Å².